The van der Waals surface area contributed by atoms with Crippen LogP contribution in [-0.4, -0.2) is 16.7 Å². The number of hydrogen-bond acceptors (Lipinski definition) is 4. The van der Waals surface area contributed by atoms with Crippen molar-refractivity contribution in [2.75, 3.05) is 6.54 Å². The number of hydrogen-bond donors (Lipinski definition) is 1. The van der Waals surface area contributed by atoms with E-state index >= 15 is 0 Å². The van der Waals surface area contributed by atoms with Crippen molar-refractivity contribution in [1.29, 1.82) is 0 Å². The fraction of sp³-hybridized carbons (Fsp3) is 0.200. The Labute approximate surface area is 106 Å². The summed E-state index contributed by atoms with van der Waals surface area (Å²) >= 11 is 9.23. The molecule has 16 heavy (non-hydrogen) atoms. The molecule has 0 spiro atoms. The summed E-state index contributed by atoms with van der Waals surface area (Å²) in [7, 11) is 0. The molecule has 1 aromatic carbocycles. The lowest BCUT2D eigenvalue weighted by Gasteiger charge is -1.97. The molecule has 0 saturated carbocycles. The van der Waals surface area contributed by atoms with E-state index in [0.717, 1.165) is 10.0 Å². The summed E-state index contributed by atoms with van der Waals surface area (Å²) < 4.78 is 5.91. The van der Waals surface area contributed by atoms with Gasteiger partial charge in [-0.1, -0.05) is 16.8 Å². The molecule has 0 bridgehead atoms. The molecule has 1 aromatic heterocycles. The van der Waals surface area contributed by atoms with Gasteiger partial charge in [0.1, 0.15) is 0 Å². The van der Waals surface area contributed by atoms with E-state index in [2.05, 4.69) is 26.1 Å². The van der Waals surface area contributed by atoms with Gasteiger partial charge in [0.2, 0.25) is 0 Å². The van der Waals surface area contributed by atoms with Crippen LogP contribution in [0.15, 0.2) is 27.2 Å². The SMILES string of the molecule is NCCc1noc(-c2ccc(Cl)c(Br)c2)n1. The second-order valence-corrected chi connectivity index (χ2v) is 4.44. The standard InChI is InChI=1S/C10H9BrClN3O/c11-7-5-6(1-2-8(7)12)10-14-9(3-4-13)15-16-10/h1-2,5H,3-4,13H2. The van der Waals surface area contributed by atoms with E-state index in [4.69, 9.17) is 21.9 Å². The van der Waals surface area contributed by atoms with Gasteiger partial charge in [0.05, 0.1) is 5.02 Å². The zero-order valence-corrected chi connectivity index (χ0v) is 10.6. The molecule has 0 aliphatic rings. The molecule has 0 amide bonds. The molecule has 1 heterocycles. The predicted molar refractivity (Wildman–Crippen MR) is 65.2 cm³/mol. The van der Waals surface area contributed by atoms with Gasteiger partial charge in [0.25, 0.3) is 5.89 Å². The molecular weight excluding hydrogens is 293 g/mol. The van der Waals surface area contributed by atoms with Crippen molar-refractivity contribution in [1.82, 2.24) is 10.1 Å². The molecule has 2 aromatic rings. The van der Waals surface area contributed by atoms with Gasteiger partial charge < -0.3 is 10.3 Å². The topological polar surface area (TPSA) is 64.9 Å². The Morgan fingerprint density at radius 2 is 2.25 bits per heavy atom. The third kappa shape index (κ3) is 2.42. The molecular formula is C10H9BrClN3O. The van der Waals surface area contributed by atoms with Gasteiger partial charge in [0.15, 0.2) is 5.82 Å². The van der Waals surface area contributed by atoms with Crippen molar-refractivity contribution in [3.8, 4) is 11.5 Å². The summed E-state index contributed by atoms with van der Waals surface area (Å²) in [6, 6.07) is 5.43. The van der Waals surface area contributed by atoms with Crippen molar-refractivity contribution in [3.63, 3.8) is 0 Å². The highest BCUT2D eigenvalue weighted by molar-refractivity contribution is 9.10. The average Bonchev–Trinajstić information content (AvgIpc) is 2.71. The maximum absolute atomic E-state index is 5.89. The highest BCUT2D eigenvalue weighted by Crippen LogP contribution is 2.27. The van der Waals surface area contributed by atoms with Crippen molar-refractivity contribution >= 4 is 27.5 Å². The number of nitrogens with zero attached hydrogens (tertiary/aromatic N) is 2. The molecule has 0 aliphatic carbocycles. The van der Waals surface area contributed by atoms with Crippen LogP contribution in [0.1, 0.15) is 5.82 Å². The van der Waals surface area contributed by atoms with Gasteiger partial charge in [0, 0.05) is 16.5 Å². The summed E-state index contributed by atoms with van der Waals surface area (Å²) in [4.78, 5) is 4.22. The van der Waals surface area contributed by atoms with Crippen molar-refractivity contribution in [3.05, 3.63) is 33.5 Å². The molecule has 0 unspecified atom stereocenters. The van der Waals surface area contributed by atoms with Crippen LogP contribution in [-0.2, 0) is 6.42 Å². The zero-order valence-electron chi connectivity index (χ0n) is 8.28. The van der Waals surface area contributed by atoms with Crippen LogP contribution >= 0.6 is 27.5 Å². The quantitative estimate of drug-likeness (QED) is 0.946. The van der Waals surface area contributed by atoms with Crippen LogP contribution in [0.2, 0.25) is 5.02 Å². The third-order valence-corrected chi connectivity index (χ3v) is 3.22. The summed E-state index contributed by atoms with van der Waals surface area (Å²) in [5.74, 6) is 1.09. The largest absolute Gasteiger partial charge is 0.334 e. The maximum Gasteiger partial charge on any atom is 0.257 e. The Hall–Kier alpha value is -0.910. The fourth-order valence-corrected chi connectivity index (χ4v) is 1.73. The first-order valence-corrected chi connectivity index (χ1v) is 5.86. The van der Waals surface area contributed by atoms with Gasteiger partial charge in [-0.2, -0.15) is 4.98 Å². The van der Waals surface area contributed by atoms with E-state index in [1.54, 1.807) is 6.07 Å². The number of benzene rings is 1. The second kappa shape index (κ2) is 4.95. The fourth-order valence-electron chi connectivity index (χ4n) is 1.23. The molecule has 84 valence electrons. The van der Waals surface area contributed by atoms with Crippen LogP contribution in [0.25, 0.3) is 11.5 Å². The zero-order chi connectivity index (χ0) is 11.5. The van der Waals surface area contributed by atoms with Gasteiger partial charge in [-0.15, -0.1) is 0 Å². The van der Waals surface area contributed by atoms with Crippen molar-refractivity contribution < 1.29 is 4.52 Å². The lowest BCUT2D eigenvalue weighted by atomic mass is 10.2. The minimum Gasteiger partial charge on any atom is -0.334 e. The molecule has 0 atom stereocenters. The van der Waals surface area contributed by atoms with E-state index in [1.807, 2.05) is 12.1 Å². The normalized spacial score (nSPS) is 10.7. The molecule has 2 rings (SSSR count). The van der Waals surface area contributed by atoms with Crippen molar-refractivity contribution in [2.24, 2.45) is 5.73 Å². The summed E-state index contributed by atoms with van der Waals surface area (Å²) in [5, 5.41) is 4.46. The lowest BCUT2D eigenvalue weighted by molar-refractivity contribution is 0.422. The van der Waals surface area contributed by atoms with Crippen LogP contribution in [0, 0.1) is 0 Å². The van der Waals surface area contributed by atoms with Gasteiger partial charge >= 0.3 is 0 Å². The summed E-state index contributed by atoms with van der Waals surface area (Å²) in [5.41, 5.74) is 6.23. The van der Waals surface area contributed by atoms with Crippen molar-refractivity contribution in [2.45, 2.75) is 6.42 Å². The first-order valence-electron chi connectivity index (χ1n) is 4.69. The van der Waals surface area contributed by atoms with Gasteiger partial charge in [-0.25, -0.2) is 0 Å². The first kappa shape index (κ1) is 11.6. The van der Waals surface area contributed by atoms with E-state index < -0.39 is 0 Å². The Bertz CT molecular complexity index is 501. The highest BCUT2D eigenvalue weighted by atomic mass is 79.9. The maximum atomic E-state index is 5.89. The van der Waals surface area contributed by atoms with Crippen LogP contribution in [0.4, 0.5) is 0 Å². The second-order valence-electron chi connectivity index (χ2n) is 3.18. The third-order valence-electron chi connectivity index (χ3n) is 2.00. The van der Waals surface area contributed by atoms with E-state index in [1.165, 1.54) is 0 Å². The molecule has 2 N–H and O–H groups in total. The van der Waals surface area contributed by atoms with Crippen LogP contribution in [0.3, 0.4) is 0 Å². The Morgan fingerprint density at radius 3 is 2.94 bits per heavy atom. The summed E-state index contributed by atoms with van der Waals surface area (Å²) in [6.07, 6.45) is 0.609. The van der Waals surface area contributed by atoms with E-state index in [0.29, 0.717) is 29.7 Å². The lowest BCUT2D eigenvalue weighted by Crippen LogP contribution is -2.03. The predicted octanol–water partition coefficient (Wildman–Crippen LogP) is 2.65. The molecule has 6 heteroatoms. The monoisotopic (exact) mass is 301 g/mol. The minimum atomic E-state index is 0.473. The number of aromatic nitrogens is 2. The molecule has 0 saturated heterocycles. The molecule has 0 radical (unpaired) electrons. The number of rotatable bonds is 3. The molecule has 4 nitrogen and oxygen atoms in total. The average molecular weight is 303 g/mol. The molecule has 0 fully saturated rings. The Kier molecular flexibility index (Phi) is 3.58. The molecule has 0 aliphatic heterocycles. The van der Waals surface area contributed by atoms with E-state index in [9.17, 15) is 0 Å². The Balaban J connectivity index is 2.31. The van der Waals surface area contributed by atoms with Crippen LogP contribution < -0.4 is 5.73 Å². The summed E-state index contributed by atoms with van der Waals surface area (Å²) in [6.45, 7) is 0.503. The van der Waals surface area contributed by atoms with Gasteiger partial charge in [-0.05, 0) is 40.7 Å². The first-order chi connectivity index (χ1) is 7.70. The smallest absolute Gasteiger partial charge is 0.257 e. The van der Waals surface area contributed by atoms with E-state index in [-0.39, 0.29) is 0 Å². The van der Waals surface area contributed by atoms with Crippen LogP contribution in [0.5, 0.6) is 0 Å². The number of nitrogens with two attached hydrogens (primary N) is 1. The Morgan fingerprint density at radius 1 is 1.44 bits per heavy atom. The van der Waals surface area contributed by atoms with Gasteiger partial charge in [-0.3, -0.25) is 0 Å². The highest BCUT2D eigenvalue weighted by Gasteiger charge is 2.09. The minimum absolute atomic E-state index is 0.473. The number of halogens is 2.